The Kier molecular flexibility index (Phi) is 14.7. The van der Waals surface area contributed by atoms with Gasteiger partial charge in [0.05, 0.1) is 0 Å². The Bertz CT molecular complexity index is 301. The van der Waals surface area contributed by atoms with E-state index in [1.54, 1.807) is 6.08 Å². The Labute approximate surface area is 124 Å². The lowest BCUT2D eigenvalue weighted by molar-refractivity contribution is -0.131. The first kappa shape index (κ1) is 18.7. The standard InChI is InChI=1S/C18H30O2/c1-2-3-4-5-6-7-8-9-10-11-12-13-14-15-16-17-18(19)20/h12-17H,2-11H2,1H3,(H,19,20). The van der Waals surface area contributed by atoms with Crippen LogP contribution in [0.4, 0.5) is 0 Å². The number of carbonyl (C=O) groups is 1. The molecule has 2 nitrogen and oxygen atoms in total. The molecular formula is C18H30O2. The van der Waals surface area contributed by atoms with E-state index in [1.807, 2.05) is 12.2 Å². The van der Waals surface area contributed by atoms with Crippen molar-refractivity contribution in [2.45, 2.75) is 71.1 Å². The monoisotopic (exact) mass is 278 g/mol. The highest BCUT2D eigenvalue weighted by Crippen LogP contribution is 2.10. The third kappa shape index (κ3) is 16.7. The van der Waals surface area contributed by atoms with Crippen molar-refractivity contribution in [2.75, 3.05) is 0 Å². The molecule has 0 atom stereocenters. The summed E-state index contributed by atoms with van der Waals surface area (Å²) in [6.45, 7) is 2.26. The molecule has 0 aromatic rings. The number of carboxylic acids is 1. The fourth-order valence-corrected chi connectivity index (χ4v) is 2.01. The lowest BCUT2D eigenvalue weighted by atomic mass is 10.1. The van der Waals surface area contributed by atoms with Crippen molar-refractivity contribution in [2.24, 2.45) is 0 Å². The summed E-state index contributed by atoms with van der Waals surface area (Å²) in [6, 6.07) is 0. The lowest BCUT2D eigenvalue weighted by Gasteiger charge is -2.00. The predicted octanol–water partition coefficient (Wildman–Crippen LogP) is 5.66. The summed E-state index contributed by atoms with van der Waals surface area (Å²) in [6.07, 6.45) is 23.7. The average Bonchev–Trinajstić information content (AvgIpc) is 2.43. The first-order valence-electron chi connectivity index (χ1n) is 8.00. The van der Waals surface area contributed by atoms with Gasteiger partial charge in [-0.3, -0.25) is 0 Å². The molecule has 20 heavy (non-hydrogen) atoms. The van der Waals surface area contributed by atoms with Crippen LogP contribution >= 0.6 is 0 Å². The summed E-state index contributed by atoms with van der Waals surface area (Å²) in [4.78, 5) is 10.2. The van der Waals surface area contributed by atoms with Crippen LogP contribution in [0.2, 0.25) is 0 Å². The lowest BCUT2D eigenvalue weighted by Crippen LogP contribution is -1.84. The van der Waals surface area contributed by atoms with E-state index >= 15 is 0 Å². The zero-order valence-electron chi connectivity index (χ0n) is 12.9. The molecule has 0 radical (unpaired) electrons. The summed E-state index contributed by atoms with van der Waals surface area (Å²) >= 11 is 0. The molecule has 0 bridgehead atoms. The SMILES string of the molecule is CCCCCCCCCCCC=CC=CC=CC(=O)O. The number of hydrogen-bond donors (Lipinski definition) is 1. The zero-order valence-corrected chi connectivity index (χ0v) is 12.9. The molecule has 0 unspecified atom stereocenters. The van der Waals surface area contributed by atoms with E-state index in [2.05, 4.69) is 13.0 Å². The molecule has 114 valence electrons. The second kappa shape index (κ2) is 15.7. The Balaban J connectivity index is 3.25. The largest absolute Gasteiger partial charge is 0.478 e. The van der Waals surface area contributed by atoms with Crippen LogP contribution in [-0.4, -0.2) is 11.1 Å². The highest BCUT2D eigenvalue weighted by Gasteiger charge is 1.90. The van der Waals surface area contributed by atoms with E-state index in [9.17, 15) is 4.79 Å². The van der Waals surface area contributed by atoms with Crippen molar-refractivity contribution in [1.82, 2.24) is 0 Å². The van der Waals surface area contributed by atoms with Gasteiger partial charge in [0.2, 0.25) is 0 Å². The Hall–Kier alpha value is -1.31. The van der Waals surface area contributed by atoms with Crippen molar-refractivity contribution in [3.63, 3.8) is 0 Å². The summed E-state index contributed by atoms with van der Waals surface area (Å²) in [5, 5.41) is 8.38. The van der Waals surface area contributed by atoms with Crippen molar-refractivity contribution >= 4 is 5.97 Å². The van der Waals surface area contributed by atoms with E-state index in [1.165, 1.54) is 63.9 Å². The quantitative estimate of drug-likeness (QED) is 0.268. The van der Waals surface area contributed by atoms with E-state index < -0.39 is 5.97 Å². The topological polar surface area (TPSA) is 37.3 Å². The van der Waals surface area contributed by atoms with Gasteiger partial charge in [0.25, 0.3) is 0 Å². The molecule has 0 spiro atoms. The highest BCUT2D eigenvalue weighted by molar-refractivity contribution is 5.80. The molecule has 0 amide bonds. The van der Waals surface area contributed by atoms with Crippen LogP contribution in [0, 0.1) is 0 Å². The summed E-state index contributed by atoms with van der Waals surface area (Å²) < 4.78 is 0. The van der Waals surface area contributed by atoms with Crippen LogP contribution in [0.5, 0.6) is 0 Å². The number of aliphatic carboxylic acids is 1. The molecule has 2 heteroatoms. The van der Waals surface area contributed by atoms with E-state index in [0.717, 1.165) is 12.5 Å². The fourth-order valence-electron chi connectivity index (χ4n) is 2.01. The van der Waals surface area contributed by atoms with Crippen LogP contribution in [0.25, 0.3) is 0 Å². The van der Waals surface area contributed by atoms with Crippen molar-refractivity contribution < 1.29 is 9.90 Å². The third-order valence-electron chi connectivity index (χ3n) is 3.18. The van der Waals surface area contributed by atoms with E-state index in [0.29, 0.717) is 0 Å². The molecule has 1 N–H and O–H groups in total. The van der Waals surface area contributed by atoms with Crippen LogP contribution in [0.15, 0.2) is 36.5 Å². The first-order chi connectivity index (χ1) is 9.77. The van der Waals surface area contributed by atoms with Gasteiger partial charge in [-0.25, -0.2) is 4.79 Å². The van der Waals surface area contributed by atoms with Gasteiger partial charge in [-0.15, -0.1) is 0 Å². The maximum absolute atomic E-state index is 10.2. The van der Waals surface area contributed by atoms with Gasteiger partial charge in [-0.1, -0.05) is 88.7 Å². The minimum absolute atomic E-state index is 0.909. The summed E-state index contributed by atoms with van der Waals surface area (Å²) in [7, 11) is 0. The van der Waals surface area contributed by atoms with Crippen LogP contribution < -0.4 is 0 Å². The molecule has 0 fully saturated rings. The zero-order chi connectivity index (χ0) is 14.9. The highest BCUT2D eigenvalue weighted by atomic mass is 16.4. The van der Waals surface area contributed by atoms with Gasteiger partial charge in [-0.2, -0.15) is 0 Å². The number of rotatable bonds is 13. The Morgan fingerprint density at radius 3 is 1.95 bits per heavy atom. The Morgan fingerprint density at radius 1 is 0.800 bits per heavy atom. The molecule has 0 aliphatic carbocycles. The molecule has 0 aromatic carbocycles. The van der Waals surface area contributed by atoms with E-state index in [-0.39, 0.29) is 0 Å². The molecule has 0 rings (SSSR count). The van der Waals surface area contributed by atoms with Crippen molar-refractivity contribution in [3.05, 3.63) is 36.5 Å². The smallest absolute Gasteiger partial charge is 0.328 e. The third-order valence-corrected chi connectivity index (χ3v) is 3.18. The van der Waals surface area contributed by atoms with Gasteiger partial charge < -0.3 is 5.11 Å². The number of hydrogen-bond acceptors (Lipinski definition) is 1. The number of allylic oxidation sites excluding steroid dienone is 5. The molecule has 0 aliphatic heterocycles. The van der Waals surface area contributed by atoms with Crippen LogP contribution in [0.1, 0.15) is 71.1 Å². The summed E-state index contributed by atoms with van der Waals surface area (Å²) in [5.74, 6) is -0.909. The fraction of sp³-hybridized carbons (Fsp3) is 0.611. The van der Waals surface area contributed by atoms with Crippen LogP contribution in [-0.2, 0) is 4.79 Å². The minimum Gasteiger partial charge on any atom is -0.478 e. The molecule has 0 aromatic heterocycles. The van der Waals surface area contributed by atoms with Gasteiger partial charge >= 0.3 is 5.97 Å². The minimum atomic E-state index is -0.909. The van der Waals surface area contributed by atoms with Gasteiger partial charge in [0.15, 0.2) is 0 Å². The molecule has 0 heterocycles. The average molecular weight is 278 g/mol. The van der Waals surface area contributed by atoms with Crippen molar-refractivity contribution in [3.8, 4) is 0 Å². The second-order valence-electron chi connectivity index (χ2n) is 5.13. The normalized spacial score (nSPS) is 12.1. The van der Waals surface area contributed by atoms with Gasteiger partial charge in [-0.05, 0) is 12.8 Å². The maximum atomic E-state index is 10.2. The van der Waals surface area contributed by atoms with E-state index in [4.69, 9.17) is 5.11 Å². The van der Waals surface area contributed by atoms with Gasteiger partial charge in [0, 0.05) is 6.08 Å². The van der Waals surface area contributed by atoms with Crippen LogP contribution in [0.3, 0.4) is 0 Å². The second-order valence-corrected chi connectivity index (χ2v) is 5.13. The molecule has 0 aliphatic rings. The van der Waals surface area contributed by atoms with Gasteiger partial charge in [0.1, 0.15) is 0 Å². The molecule has 0 saturated heterocycles. The van der Waals surface area contributed by atoms with Crippen molar-refractivity contribution in [1.29, 1.82) is 0 Å². The summed E-state index contributed by atoms with van der Waals surface area (Å²) in [5.41, 5.74) is 0. The Morgan fingerprint density at radius 2 is 1.35 bits per heavy atom. The first-order valence-corrected chi connectivity index (χ1v) is 8.00. The molecule has 0 saturated carbocycles. The maximum Gasteiger partial charge on any atom is 0.328 e. The predicted molar refractivity (Wildman–Crippen MR) is 86.9 cm³/mol. The molecular weight excluding hydrogens is 248 g/mol. The number of carboxylic acid groups (broad SMARTS) is 1. The number of unbranched alkanes of at least 4 members (excludes halogenated alkanes) is 9.